The van der Waals surface area contributed by atoms with E-state index >= 15 is 0 Å². The van der Waals surface area contributed by atoms with E-state index < -0.39 is 0 Å². The summed E-state index contributed by atoms with van der Waals surface area (Å²) in [4.78, 5) is 21.2. The summed E-state index contributed by atoms with van der Waals surface area (Å²) in [6.45, 7) is 10.6. The van der Waals surface area contributed by atoms with Gasteiger partial charge in [0.1, 0.15) is 0 Å². The van der Waals surface area contributed by atoms with Crippen molar-refractivity contribution in [2.75, 3.05) is 52.9 Å². The molecule has 7 nitrogen and oxygen atoms in total. The Balaban J connectivity index is 1.41. The zero-order valence-electron chi connectivity index (χ0n) is 18.0. The minimum absolute atomic E-state index is 0.0967. The van der Waals surface area contributed by atoms with E-state index in [4.69, 9.17) is 4.74 Å². The lowest BCUT2D eigenvalue weighted by atomic mass is 10.00. The van der Waals surface area contributed by atoms with Crippen molar-refractivity contribution in [2.45, 2.75) is 32.9 Å². The zero-order chi connectivity index (χ0) is 20.6. The molecule has 1 unspecified atom stereocenters. The van der Waals surface area contributed by atoms with Gasteiger partial charge in [0.05, 0.1) is 19.3 Å². The molecule has 29 heavy (non-hydrogen) atoms. The number of carbonyl (C=O) groups excluding carboxylic acids is 1. The number of aliphatic imine (C=N–C) groups is 1. The molecule has 0 radical (unpaired) electrons. The Kier molecular flexibility index (Phi) is 7.89. The standard InChI is InChI=1S/C22H35N5O2/c1-17(2)14-26-10-11-29-20(16-26)12-24-22(23-3)25-13-21(28)27-9-8-18-6-4-5-7-19(18)15-27/h4-7,17,20H,8-16H2,1-3H3,(H2,23,24,25). The number of nitrogens with zero attached hydrogens (tertiary/aromatic N) is 3. The summed E-state index contributed by atoms with van der Waals surface area (Å²) < 4.78 is 5.88. The normalized spacial score (nSPS) is 20.5. The van der Waals surface area contributed by atoms with Crippen molar-refractivity contribution < 1.29 is 9.53 Å². The van der Waals surface area contributed by atoms with Gasteiger partial charge in [-0.15, -0.1) is 0 Å². The van der Waals surface area contributed by atoms with Gasteiger partial charge in [0.25, 0.3) is 0 Å². The summed E-state index contributed by atoms with van der Waals surface area (Å²) in [6, 6.07) is 8.35. The van der Waals surface area contributed by atoms with Gasteiger partial charge in [-0.05, 0) is 23.5 Å². The predicted molar refractivity (Wildman–Crippen MR) is 116 cm³/mol. The molecule has 0 bridgehead atoms. The van der Waals surface area contributed by atoms with Crippen LogP contribution in [0.3, 0.4) is 0 Å². The number of guanidine groups is 1. The monoisotopic (exact) mass is 401 g/mol. The molecule has 2 aliphatic heterocycles. The Hall–Kier alpha value is -2.12. The zero-order valence-corrected chi connectivity index (χ0v) is 18.0. The van der Waals surface area contributed by atoms with Crippen molar-refractivity contribution in [3.63, 3.8) is 0 Å². The van der Waals surface area contributed by atoms with Gasteiger partial charge in [-0.25, -0.2) is 0 Å². The van der Waals surface area contributed by atoms with Gasteiger partial charge in [0.15, 0.2) is 5.96 Å². The number of hydrogen-bond donors (Lipinski definition) is 2. The van der Waals surface area contributed by atoms with Crippen LogP contribution in [0.1, 0.15) is 25.0 Å². The van der Waals surface area contributed by atoms with Gasteiger partial charge in [-0.3, -0.25) is 14.7 Å². The second kappa shape index (κ2) is 10.6. The lowest BCUT2D eigenvalue weighted by molar-refractivity contribution is -0.130. The van der Waals surface area contributed by atoms with Crippen LogP contribution >= 0.6 is 0 Å². The summed E-state index contributed by atoms with van der Waals surface area (Å²) >= 11 is 0. The van der Waals surface area contributed by atoms with Crippen LogP contribution < -0.4 is 10.6 Å². The van der Waals surface area contributed by atoms with Crippen molar-refractivity contribution in [1.29, 1.82) is 0 Å². The third-order valence-electron chi connectivity index (χ3n) is 5.46. The highest BCUT2D eigenvalue weighted by Crippen LogP contribution is 2.18. The lowest BCUT2D eigenvalue weighted by Gasteiger charge is -2.34. The summed E-state index contributed by atoms with van der Waals surface area (Å²) in [6.07, 6.45) is 1.05. The van der Waals surface area contributed by atoms with Gasteiger partial charge >= 0.3 is 0 Å². The maximum absolute atomic E-state index is 12.6. The fourth-order valence-electron chi connectivity index (χ4n) is 4.00. The minimum atomic E-state index is 0.0967. The van der Waals surface area contributed by atoms with Gasteiger partial charge in [-0.2, -0.15) is 0 Å². The first-order valence-corrected chi connectivity index (χ1v) is 10.7. The third-order valence-corrected chi connectivity index (χ3v) is 5.46. The van der Waals surface area contributed by atoms with E-state index in [0.717, 1.165) is 39.2 Å². The number of benzene rings is 1. The van der Waals surface area contributed by atoms with Crippen LogP contribution in [0, 0.1) is 5.92 Å². The number of rotatable bonds is 6. The fraction of sp³-hybridized carbons (Fsp3) is 0.636. The molecular weight excluding hydrogens is 366 g/mol. The molecule has 1 atom stereocenters. The second-order valence-corrected chi connectivity index (χ2v) is 8.29. The molecule has 0 spiro atoms. The van der Waals surface area contributed by atoms with Crippen LogP contribution in [0.5, 0.6) is 0 Å². The summed E-state index contributed by atoms with van der Waals surface area (Å²) in [7, 11) is 1.73. The highest BCUT2D eigenvalue weighted by atomic mass is 16.5. The van der Waals surface area contributed by atoms with E-state index in [1.165, 1.54) is 11.1 Å². The fourth-order valence-corrected chi connectivity index (χ4v) is 4.00. The van der Waals surface area contributed by atoms with E-state index in [2.05, 4.69) is 52.6 Å². The van der Waals surface area contributed by atoms with Crippen LogP contribution in [0.2, 0.25) is 0 Å². The molecule has 1 saturated heterocycles. The number of hydrogen-bond acceptors (Lipinski definition) is 4. The van der Waals surface area contributed by atoms with E-state index in [1.54, 1.807) is 7.05 Å². The van der Waals surface area contributed by atoms with E-state index in [0.29, 0.717) is 25.0 Å². The van der Waals surface area contributed by atoms with Gasteiger partial charge in [0.2, 0.25) is 5.91 Å². The molecule has 2 aliphatic rings. The highest BCUT2D eigenvalue weighted by molar-refractivity contribution is 5.86. The van der Waals surface area contributed by atoms with Crippen molar-refractivity contribution in [2.24, 2.45) is 10.9 Å². The van der Waals surface area contributed by atoms with E-state index in [1.807, 2.05) is 11.0 Å². The summed E-state index contributed by atoms with van der Waals surface area (Å²) in [5.74, 6) is 1.39. The Morgan fingerprint density at radius 2 is 2.03 bits per heavy atom. The lowest BCUT2D eigenvalue weighted by Crippen LogP contribution is -2.51. The van der Waals surface area contributed by atoms with Gasteiger partial charge < -0.3 is 20.3 Å². The molecule has 7 heteroatoms. The molecule has 0 aliphatic carbocycles. The summed E-state index contributed by atoms with van der Waals surface area (Å²) in [5.41, 5.74) is 2.59. The minimum Gasteiger partial charge on any atom is -0.374 e. The first-order valence-electron chi connectivity index (χ1n) is 10.7. The van der Waals surface area contributed by atoms with Crippen molar-refractivity contribution in [1.82, 2.24) is 20.4 Å². The smallest absolute Gasteiger partial charge is 0.242 e. The van der Waals surface area contributed by atoms with Crippen molar-refractivity contribution in [3.8, 4) is 0 Å². The number of morpholine rings is 1. The first kappa shape index (κ1) is 21.6. The maximum Gasteiger partial charge on any atom is 0.242 e. The number of fused-ring (bicyclic) bond motifs is 1. The largest absolute Gasteiger partial charge is 0.374 e. The second-order valence-electron chi connectivity index (χ2n) is 8.29. The van der Waals surface area contributed by atoms with Crippen LogP contribution in [0.25, 0.3) is 0 Å². The quantitative estimate of drug-likeness (QED) is 0.552. The first-order chi connectivity index (χ1) is 14.0. The predicted octanol–water partition coefficient (Wildman–Crippen LogP) is 1.09. The third kappa shape index (κ3) is 6.44. The molecular formula is C22H35N5O2. The van der Waals surface area contributed by atoms with Crippen molar-refractivity contribution >= 4 is 11.9 Å². The molecule has 0 aromatic heterocycles. The Labute approximate surface area is 174 Å². The maximum atomic E-state index is 12.6. The molecule has 0 saturated carbocycles. The van der Waals surface area contributed by atoms with E-state index in [-0.39, 0.29) is 18.6 Å². The Morgan fingerprint density at radius 3 is 2.79 bits per heavy atom. The molecule has 1 aromatic carbocycles. The average Bonchev–Trinajstić information content (AvgIpc) is 2.73. The molecule has 2 heterocycles. The molecule has 1 fully saturated rings. The van der Waals surface area contributed by atoms with Crippen LogP contribution in [0.15, 0.2) is 29.3 Å². The van der Waals surface area contributed by atoms with Crippen LogP contribution in [-0.2, 0) is 22.5 Å². The van der Waals surface area contributed by atoms with Crippen LogP contribution in [0.4, 0.5) is 0 Å². The van der Waals surface area contributed by atoms with E-state index in [9.17, 15) is 4.79 Å². The van der Waals surface area contributed by atoms with Gasteiger partial charge in [0, 0.05) is 46.3 Å². The molecule has 160 valence electrons. The number of ether oxygens (including phenoxy) is 1. The number of nitrogens with one attached hydrogen (secondary N) is 2. The molecule has 1 amide bonds. The van der Waals surface area contributed by atoms with Crippen LogP contribution in [-0.4, -0.2) is 80.7 Å². The SMILES string of the molecule is CN=C(NCC(=O)N1CCc2ccccc2C1)NCC1CN(CC(C)C)CCO1. The molecule has 3 rings (SSSR count). The average molecular weight is 402 g/mol. The topological polar surface area (TPSA) is 69.2 Å². The summed E-state index contributed by atoms with van der Waals surface area (Å²) in [5, 5.41) is 6.46. The highest BCUT2D eigenvalue weighted by Gasteiger charge is 2.22. The molecule has 2 N–H and O–H groups in total. The molecule has 1 aromatic rings. The Morgan fingerprint density at radius 1 is 1.24 bits per heavy atom. The Bertz CT molecular complexity index is 706. The number of amides is 1. The van der Waals surface area contributed by atoms with Crippen molar-refractivity contribution in [3.05, 3.63) is 35.4 Å². The van der Waals surface area contributed by atoms with Gasteiger partial charge in [-0.1, -0.05) is 38.1 Å². The number of carbonyl (C=O) groups is 1.